The minimum atomic E-state index is -0.420. The van der Waals surface area contributed by atoms with Gasteiger partial charge in [0, 0.05) is 12.8 Å². The van der Waals surface area contributed by atoms with Crippen LogP contribution in [0, 0.1) is 0 Å². The molecular weight excluding hydrogens is 142 g/mol. The summed E-state index contributed by atoms with van der Waals surface area (Å²) in [7, 11) is 2.14. The van der Waals surface area contributed by atoms with E-state index in [0.717, 1.165) is 17.6 Å². The Balaban J connectivity index is 2.28. The van der Waals surface area contributed by atoms with E-state index in [9.17, 15) is 4.79 Å². The summed E-state index contributed by atoms with van der Waals surface area (Å²) < 4.78 is 0.933. The second-order valence-corrected chi connectivity index (χ2v) is 3.47. The van der Waals surface area contributed by atoms with Gasteiger partial charge in [0.25, 0.3) is 0 Å². The Kier molecular flexibility index (Phi) is 2.34. The first-order valence-corrected chi connectivity index (χ1v) is 3.99. The normalized spacial score (nSPS) is 21.5. The number of nitrogens with zero attached hydrogens (tertiary/aromatic N) is 1. The maximum Gasteiger partial charge on any atom is 0.316 e. The molecule has 4 nitrogen and oxygen atoms in total. The molecule has 1 fully saturated rings. The summed E-state index contributed by atoms with van der Waals surface area (Å²) in [6, 6.07) is -0.420. The number of nitrogens with two attached hydrogens (primary N) is 1. The molecule has 1 aliphatic heterocycles. The average Bonchev–Trinajstić information content (AvgIpc) is 2.33. The molecule has 2 amide bonds. The Morgan fingerprint density at radius 2 is 2.09 bits per heavy atom. The van der Waals surface area contributed by atoms with Crippen molar-refractivity contribution in [3.05, 3.63) is 0 Å². The number of quaternary nitrogens is 1. The predicted octanol–water partition coefficient (Wildman–Crippen LogP) is -0.147. The second-order valence-electron chi connectivity index (χ2n) is 3.47. The third kappa shape index (κ3) is 2.38. The Hall–Kier alpha value is -0.770. The van der Waals surface area contributed by atoms with Crippen LogP contribution in [0.2, 0.25) is 0 Å². The average molecular weight is 158 g/mol. The van der Waals surface area contributed by atoms with Gasteiger partial charge in [-0.2, -0.15) is 0 Å². The number of nitrogens with one attached hydrogen (secondary N) is 1. The SMILES string of the molecule is C[N+]1(CNC(N)=O)CCCC1. The molecule has 0 saturated carbocycles. The molecule has 0 spiro atoms. The Morgan fingerprint density at radius 1 is 1.55 bits per heavy atom. The van der Waals surface area contributed by atoms with E-state index in [0.29, 0.717) is 6.67 Å². The molecule has 3 N–H and O–H groups in total. The van der Waals surface area contributed by atoms with E-state index in [1.165, 1.54) is 12.8 Å². The van der Waals surface area contributed by atoms with Crippen molar-refractivity contribution in [2.45, 2.75) is 12.8 Å². The zero-order valence-electron chi connectivity index (χ0n) is 6.97. The number of amides is 2. The van der Waals surface area contributed by atoms with Gasteiger partial charge in [0.15, 0.2) is 6.67 Å². The van der Waals surface area contributed by atoms with Crippen LogP contribution < -0.4 is 11.1 Å². The summed E-state index contributed by atoms with van der Waals surface area (Å²) >= 11 is 0. The summed E-state index contributed by atoms with van der Waals surface area (Å²) in [6.07, 6.45) is 2.52. The molecule has 0 aromatic carbocycles. The van der Waals surface area contributed by atoms with Crippen molar-refractivity contribution in [1.29, 1.82) is 0 Å². The molecule has 0 atom stereocenters. The second kappa shape index (κ2) is 3.09. The number of hydrogen-bond acceptors (Lipinski definition) is 1. The Morgan fingerprint density at radius 3 is 2.55 bits per heavy atom. The lowest BCUT2D eigenvalue weighted by Gasteiger charge is -2.28. The van der Waals surface area contributed by atoms with E-state index in [1.807, 2.05) is 0 Å². The summed E-state index contributed by atoms with van der Waals surface area (Å²) in [5.74, 6) is 0. The molecule has 64 valence electrons. The number of carbonyl (C=O) groups is 1. The van der Waals surface area contributed by atoms with Crippen molar-refractivity contribution in [2.24, 2.45) is 5.73 Å². The third-order valence-electron chi connectivity index (χ3n) is 2.28. The highest BCUT2D eigenvalue weighted by atomic mass is 16.2. The molecule has 0 unspecified atom stereocenters. The number of urea groups is 1. The zero-order chi connectivity index (χ0) is 8.32. The fraction of sp³-hybridized carbons (Fsp3) is 0.857. The number of primary amides is 1. The molecule has 1 heterocycles. The molecule has 1 aliphatic rings. The van der Waals surface area contributed by atoms with Crippen molar-refractivity contribution in [3.63, 3.8) is 0 Å². The van der Waals surface area contributed by atoms with E-state index in [-0.39, 0.29) is 0 Å². The Labute approximate surface area is 66.9 Å². The highest BCUT2D eigenvalue weighted by Gasteiger charge is 2.26. The summed E-state index contributed by atoms with van der Waals surface area (Å²) in [6.45, 7) is 2.98. The predicted molar refractivity (Wildman–Crippen MR) is 42.7 cm³/mol. The minimum absolute atomic E-state index is 0.420. The molecule has 0 aromatic heterocycles. The fourth-order valence-electron chi connectivity index (χ4n) is 1.53. The quantitative estimate of drug-likeness (QED) is 0.540. The van der Waals surface area contributed by atoms with Crippen molar-refractivity contribution < 1.29 is 9.28 Å². The lowest BCUT2D eigenvalue weighted by molar-refractivity contribution is -0.899. The zero-order valence-corrected chi connectivity index (χ0v) is 6.97. The van der Waals surface area contributed by atoms with Crippen molar-refractivity contribution in [2.75, 3.05) is 26.8 Å². The van der Waals surface area contributed by atoms with Crippen LogP contribution in [0.1, 0.15) is 12.8 Å². The van der Waals surface area contributed by atoms with Gasteiger partial charge in [-0.15, -0.1) is 0 Å². The van der Waals surface area contributed by atoms with Gasteiger partial charge in [0.1, 0.15) is 0 Å². The lowest BCUT2D eigenvalue weighted by Crippen LogP contribution is -2.50. The van der Waals surface area contributed by atoms with Crippen LogP contribution in [0.15, 0.2) is 0 Å². The largest absolute Gasteiger partial charge is 0.352 e. The molecule has 1 rings (SSSR count). The number of hydrogen-bond donors (Lipinski definition) is 2. The van der Waals surface area contributed by atoms with E-state index in [4.69, 9.17) is 5.73 Å². The van der Waals surface area contributed by atoms with Gasteiger partial charge in [0.2, 0.25) is 0 Å². The van der Waals surface area contributed by atoms with E-state index < -0.39 is 6.03 Å². The molecule has 0 aromatic rings. The van der Waals surface area contributed by atoms with Crippen LogP contribution in [0.3, 0.4) is 0 Å². The molecule has 0 bridgehead atoms. The van der Waals surface area contributed by atoms with Crippen molar-refractivity contribution >= 4 is 6.03 Å². The third-order valence-corrected chi connectivity index (χ3v) is 2.28. The van der Waals surface area contributed by atoms with Crippen LogP contribution in [-0.2, 0) is 0 Å². The van der Waals surface area contributed by atoms with Crippen molar-refractivity contribution in [1.82, 2.24) is 5.32 Å². The van der Waals surface area contributed by atoms with Crippen molar-refractivity contribution in [3.8, 4) is 0 Å². The number of carbonyl (C=O) groups excluding carboxylic acids is 1. The minimum Gasteiger partial charge on any atom is -0.352 e. The summed E-state index contributed by atoms with van der Waals surface area (Å²) in [5, 5.41) is 2.64. The molecule has 0 radical (unpaired) electrons. The van der Waals surface area contributed by atoms with Crippen LogP contribution in [0.25, 0.3) is 0 Å². The topological polar surface area (TPSA) is 55.1 Å². The molecular formula is C7H16N3O+. The van der Waals surface area contributed by atoms with Gasteiger partial charge in [-0.25, -0.2) is 4.79 Å². The van der Waals surface area contributed by atoms with Gasteiger partial charge in [-0.05, 0) is 0 Å². The maximum absolute atomic E-state index is 10.4. The van der Waals surface area contributed by atoms with Gasteiger partial charge >= 0.3 is 6.03 Å². The highest BCUT2D eigenvalue weighted by Crippen LogP contribution is 2.14. The van der Waals surface area contributed by atoms with Crippen LogP contribution in [-0.4, -0.2) is 37.3 Å². The Bertz CT molecular complexity index is 152. The summed E-state index contributed by atoms with van der Waals surface area (Å²) in [4.78, 5) is 10.4. The first-order chi connectivity index (χ1) is 5.12. The molecule has 1 saturated heterocycles. The number of likely N-dealkylation sites (tertiary alicyclic amines) is 1. The number of rotatable bonds is 2. The lowest BCUT2D eigenvalue weighted by atomic mass is 10.4. The van der Waals surface area contributed by atoms with Crippen LogP contribution in [0.4, 0.5) is 4.79 Å². The smallest absolute Gasteiger partial charge is 0.316 e. The monoisotopic (exact) mass is 158 g/mol. The standard InChI is InChI=1S/C7H15N3O/c1-10(4-2-3-5-10)6-9-7(8)11/h2-6H2,1H3,(H2-,8,9,11)/p+1. The fourth-order valence-corrected chi connectivity index (χ4v) is 1.53. The molecule has 0 aliphatic carbocycles. The molecule has 4 heteroatoms. The van der Waals surface area contributed by atoms with Crippen LogP contribution in [0.5, 0.6) is 0 Å². The van der Waals surface area contributed by atoms with Crippen LogP contribution >= 0.6 is 0 Å². The highest BCUT2D eigenvalue weighted by molar-refractivity contribution is 5.71. The molecule has 11 heavy (non-hydrogen) atoms. The maximum atomic E-state index is 10.4. The summed E-state index contributed by atoms with van der Waals surface area (Å²) in [5.41, 5.74) is 4.97. The first-order valence-electron chi connectivity index (χ1n) is 3.99. The van der Waals surface area contributed by atoms with E-state index in [1.54, 1.807) is 0 Å². The van der Waals surface area contributed by atoms with E-state index >= 15 is 0 Å². The van der Waals surface area contributed by atoms with Gasteiger partial charge in [-0.3, -0.25) is 5.32 Å². The van der Waals surface area contributed by atoms with Gasteiger partial charge < -0.3 is 10.2 Å². The van der Waals surface area contributed by atoms with Gasteiger partial charge in [-0.1, -0.05) is 0 Å². The van der Waals surface area contributed by atoms with E-state index in [2.05, 4.69) is 12.4 Å². The van der Waals surface area contributed by atoms with Gasteiger partial charge in [0.05, 0.1) is 20.1 Å². The first kappa shape index (κ1) is 8.33.